The molecule has 6 heteroatoms. The summed E-state index contributed by atoms with van der Waals surface area (Å²) in [6, 6.07) is 1.69. The summed E-state index contributed by atoms with van der Waals surface area (Å²) in [7, 11) is 0. The van der Waals surface area contributed by atoms with Crippen molar-refractivity contribution >= 4 is 17.9 Å². The van der Waals surface area contributed by atoms with Crippen molar-refractivity contribution in [3.8, 4) is 6.07 Å². The van der Waals surface area contributed by atoms with Gasteiger partial charge in [0, 0.05) is 22.9 Å². The average Bonchev–Trinajstić information content (AvgIpc) is 2.26. The summed E-state index contributed by atoms with van der Waals surface area (Å²) in [6.07, 6.45) is -1.72. The molecule has 1 heterocycles. The van der Waals surface area contributed by atoms with Gasteiger partial charge in [-0.3, -0.25) is 4.79 Å². The van der Waals surface area contributed by atoms with Crippen molar-refractivity contribution in [3.63, 3.8) is 0 Å². The Bertz CT molecular complexity index is 429. The number of nitriles is 1. The third kappa shape index (κ3) is 2.10. The van der Waals surface area contributed by atoms with Gasteiger partial charge in [0.05, 0.1) is 5.88 Å². The van der Waals surface area contributed by atoms with Gasteiger partial charge in [-0.05, 0) is 0 Å². The van der Waals surface area contributed by atoms with Crippen molar-refractivity contribution in [3.05, 3.63) is 28.6 Å². The molecule has 0 bridgehead atoms. The van der Waals surface area contributed by atoms with Crippen LogP contribution in [-0.2, 0) is 5.88 Å². The van der Waals surface area contributed by atoms with E-state index in [-0.39, 0.29) is 29.0 Å². The quantitative estimate of drug-likeness (QED) is 0.592. The molecule has 3 nitrogen and oxygen atoms in total. The first-order valence-corrected chi connectivity index (χ1v) is 4.40. The summed E-state index contributed by atoms with van der Waals surface area (Å²) in [4.78, 5) is 14.2. The van der Waals surface area contributed by atoms with Gasteiger partial charge in [-0.15, -0.1) is 11.6 Å². The van der Waals surface area contributed by atoms with E-state index < -0.39 is 12.0 Å². The molecule has 0 atom stereocenters. The molecule has 0 radical (unpaired) electrons. The van der Waals surface area contributed by atoms with E-state index >= 15 is 0 Å². The molecule has 0 spiro atoms. The van der Waals surface area contributed by atoms with Gasteiger partial charge < -0.3 is 0 Å². The molecule has 0 fully saturated rings. The molecule has 0 aliphatic rings. The number of pyridine rings is 1. The van der Waals surface area contributed by atoms with Crippen LogP contribution in [0.5, 0.6) is 0 Å². The molecule has 0 saturated heterocycles. The first kappa shape index (κ1) is 11.5. The average molecular weight is 231 g/mol. The van der Waals surface area contributed by atoms with E-state index in [0.29, 0.717) is 0 Å². The van der Waals surface area contributed by atoms with Crippen LogP contribution in [-0.4, -0.2) is 11.3 Å². The van der Waals surface area contributed by atoms with Crippen molar-refractivity contribution < 1.29 is 13.6 Å². The molecule has 15 heavy (non-hydrogen) atoms. The lowest BCUT2D eigenvalue weighted by Gasteiger charge is -2.07. The van der Waals surface area contributed by atoms with Crippen LogP contribution in [0.15, 0.2) is 6.20 Å². The van der Waals surface area contributed by atoms with Gasteiger partial charge in [0.2, 0.25) is 0 Å². The molecule has 0 aliphatic heterocycles. The Hall–Kier alpha value is -1.54. The zero-order valence-electron chi connectivity index (χ0n) is 7.38. The van der Waals surface area contributed by atoms with Crippen molar-refractivity contribution in [2.75, 3.05) is 0 Å². The lowest BCUT2D eigenvalue weighted by atomic mass is 10.0. The van der Waals surface area contributed by atoms with Gasteiger partial charge in [-0.1, -0.05) is 0 Å². The van der Waals surface area contributed by atoms with Crippen LogP contribution in [0, 0.1) is 11.3 Å². The fraction of sp³-hybridized carbons (Fsp3) is 0.222. The van der Waals surface area contributed by atoms with Crippen LogP contribution >= 0.6 is 11.6 Å². The minimum Gasteiger partial charge on any atom is -0.298 e. The first-order chi connectivity index (χ1) is 7.15. The number of hydrogen-bond acceptors (Lipinski definition) is 3. The van der Waals surface area contributed by atoms with E-state index in [4.69, 9.17) is 16.9 Å². The summed E-state index contributed by atoms with van der Waals surface area (Å²) >= 11 is 5.48. The second-order valence-electron chi connectivity index (χ2n) is 2.62. The van der Waals surface area contributed by atoms with Crippen molar-refractivity contribution in [2.45, 2.75) is 12.3 Å². The topological polar surface area (TPSA) is 53.8 Å². The smallest absolute Gasteiger partial charge is 0.266 e. The zero-order chi connectivity index (χ0) is 11.4. The fourth-order valence-electron chi connectivity index (χ4n) is 1.13. The summed E-state index contributed by atoms with van der Waals surface area (Å²) in [5.41, 5.74) is -0.797. The summed E-state index contributed by atoms with van der Waals surface area (Å²) in [6.45, 7) is 0. The Morgan fingerprint density at radius 1 is 1.67 bits per heavy atom. The monoisotopic (exact) mass is 230 g/mol. The molecule has 1 rings (SSSR count). The Morgan fingerprint density at radius 2 is 2.33 bits per heavy atom. The van der Waals surface area contributed by atoms with Gasteiger partial charge in [0.15, 0.2) is 6.29 Å². The maximum Gasteiger partial charge on any atom is 0.266 e. The van der Waals surface area contributed by atoms with E-state index in [9.17, 15) is 13.6 Å². The number of halogens is 3. The molecule has 1 aromatic heterocycles. The van der Waals surface area contributed by atoms with Gasteiger partial charge in [0.25, 0.3) is 6.43 Å². The highest BCUT2D eigenvalue weighted by atomic mass is 35.5. The van der Waals surface area contributed by atoms with Gasteiger partial charge >= 0.3 is 0 Å². The van der Waals surface area contributed by atoms with Gasteiger partial charge in [-0.2, -0.15) is 5.26 Å². The van der Waals surface area contributed by atoms with Crippen LogP contribution in [0.1, 0.15) is 33.6 Å². The Morgan fingerprint density at radius 3 is 2.73 bits per heavy atom. The summed E-state index contributed by atoms with van der Waals surface area (Å²) < 4.78 is 24.9. The van der Waals surface area contributed by atoms with Crippen LogP contribution in [0.25, 0.3) is 0 Å². The zero-order valence-corrected chi connectivity index (χ0v) is 8.13. The van der Waals surface area contributed by atoms with Crippen molar-refractivity contribution in [2.24, 2.45) is 0 Å². The number of carbonyl (C=O) groups is 1. The highest BCUT2D eigenvalue weighted by Gasteiger charge is 2.19. The van der Waals surface area contributed by atoms with Gasteiger partial charge in [0.1, 0.15) is 11.8 Å². The maximum atomic E-state index is 12.4. The van der Waals surface area contributed by atoms with Gasteiger partial charge in [-0.25, -0.2) is 13.8 Å². The van der Waals surface area contributed by atoms with E-state index in [1.54, 1.807) is 6.07 Å². The third-order valence-corrected chi connectivity index (χ3v) is 2.11. The number of nitrogens with zero attached hydrogens (tertiary/aromatic N) is 2. The number of aldehydes is 1. The van der Waals surface area contributed by atoms with E-state index in [2.05, 4.69) is 4.98 Å². The first-order valence-electron chi connectivity index (χ1n) is 3.86. The second-order valence-corrected chi connectivity index (χ2v) is 2.89. The summed E-state index contributed by atoms with van der Waals surface area (Å²) in [5, 5.41) is 8.62. The number of alkyl halides is 3. The van der Waals surface area contributed by atoms with E-state index in [0.717, 1.165) is 6.20 Å². The molecule has 0 N–H and O–H groups in total. The summed E-state index contributed by atoms with van der Waals surface area (Å²) in [5.74, 6) is -0.204. The molecule has 0 aliphatic carbocycles. The molecule has 1 aromatic rings. The molecule has 0 aromatic carbocycles. The largest absolute Gasteiger partial charge is 0.298 e. The second kappa shape index (κ2) is 4.80. The van der Waals surface area contributed by atoms with Crippen LogP contribution < -0.4 is 0 Å². The standard InChI is InChI=1S/C9H5ClF2N2O/c10-1-5-7(4-15)6(9(11)12)3-14-8(5)2-13/h3-4,9H,1H2. The Balaban J connectivity index is 3.49. The van der Waals surface area contributed by atoms with Crippen molar-refractivity contribution in [1.82, 2.24) is 4.98 Å². The fourth-order valence-corrected chi connectivity index (χ4v) is 1.40. The highest BCUT2D eigenvalue weighted by molar-refractivity contribution is 6.17. The molecule has 0 unspecified atom stereocenters. The molecule has 0 amide bonds. The van der Waals surface area contributed by atoms with Crippen LogP contribution in [0.2, 0.25) is 0 Å². The molecular weight excluding hydrogens is 226 g/mol. The van der Waals surface area contributed by atoms with E-state index in [1.165, 1.54) is 0 Å². The molecular formula is C9H5ClF2N2O. The number of rotatable bonds is 3. The van der Waals surface area contributed by atoms with E-state index in [1.807, 2.05) is 0 Å². The maximum absolute atomic E-state index is 12.4. The van der Waals surface area contributed by atoms with Crippen LogP contribution in [0.4, 0.5) is 8.78 Å². The molecule has 78 valence electrons. The van der Waals surface area contributed by atoms with Crippen LogP contribution in [0.3, 0.4) is 0 Å². The van der Waals surface area contributed by atoms with Crippen molar-refractivity contribution in [1.29, 1.82) is 5.26 Å². The lowest BCUT2D eigenvalue weighted by molar-refractivity contribution is 0.110. The minimum absolute atomic E-state index is 0.0481. The number of hydrogen-bond donors (Lipinski definition) is 0. The minimum atomic E-state index is -2.81. The predicted molar refractivity (Wildman–Crippen MR) is 48.9 cm³/mol. The predicted octanol–water partition coefficient (Wildman–Crippen LogP) is 2.44. The number of aromatic nitrogens is 1. The third-order valence-electron chi connectivity index (χ3n) is 1.85. The SMILES string of the molecule is N#Cc1ncc(C(F)F)c(C=O)c1CCl. The highest BCUT2D eigenvalue weighted by Crippen LogP contribution is 2.25. The number of carbonyl (C=O) groups excluding carboxylic acids is 1. The lowest BCUT2D eigenvalue weighted by Crippen LogP contribution is -2.03. The normalized spacial score (nSPS) is 10.1. The molecule has 0 saturated carbocycles. The Labute approximate surface area is 89.3 Å². The Kier molecular flexibility index (Phi) is 3.69.